The van der Waals surface area contributed by atoms with Gasteiger partial charge >= 0.3 is 11.9 Å². The zero-order valence-electron chi connectivity index (χ0n) is 34.7. The van der Waals surface area contributed by atoms with Crippen LogP contribution in [0, 0.1) is 11.8 Å². The molecule has 1 aliphatic heterocycles. The third kappa shape index (κ3) is 29.5. The van der Waals surface area contributed by atoms with E-state index in [0.717, 1.165) is 44.4 Å². The van der Waals surface area contributed by atoms with E-state index in [9.17, 15) is 30.0 Å². The zero-order chi connectivity index (χ0) is 39.7. The van der Waals surface area contributed by atoms with Gasteiger partial charge in [0.2, 0.25) is 0 Å². The maximum Gasteiger partial charge on any atom is 0.305 e. The predicted octanol–water partition coefficient (Wildman–Crippen LogP) is 9.81. The minimum Gasteiger partial charge on any atom is -0.463 e. The van der Waals surface area contributed by atoms with Crippen LogP contribution in [-0.4, -0.2) is 76.3 Å². The van der Waals surface area contributed by atoms with Gasteiger partial charge in [-0.3, -0.25) is 9.59 Å². The number of ether oxygens (including phenoxy) is 3. The number of carbonyl (C=O) groups is 2. The molecule has 1 fully saturated rings. The molecule has 0 aliphatic carbocycles. The van der Waals surface area contributed by atoms with Gasteiger partial charge in [-0.2, -0.15) is 0 Å². The molecule has 0 aromatic carbocycles. The van der Waals surface area contributed by atoms with Crippen molar-refractivity contribution in [2.45, 2.75) is 225 Å². The highest BCUT2D eigenvalue weighted by atomic mass is 16.6. The fraction of sp³-hybridized carbons (Fsp3) is 0.867. The average Bonchev–Trinajstić information content (AvgIpc) is 3.13. The number of esters is 2. The first-order valence-corrected chi connectivity index (χ1v) is 22.1. The van der Waals surface area contributed by atoms with Crippen molar-refractivity contribution in [3.63, 3.8) is 0 Å². The monoisotopic (exact) mass is 767 g/mol. The molecule has 1 heterocycles. The van der Waals surface area contributed by atoms with Gasteiger partial charge in [0.05, 0.1) is 18.3 Å². The summed E-state index contributed by atoms with van der Waals surface area (Å²) >= 11 is 0. The molecule has 0 aromatic heterocycles. The van der Waals surface area contributed by atoms with Crippen LogP contribution in [0.5, 0.6) is 0 Å². The van der Waals surface area contributed by atoms with Gasteiger partial charge in [-0.05, 0) is 38.0 Å². The second-order valence-electron chi connectivity index (χ2n) is 16.2. The normalized spacial score (nSPS) is 20.2. The lowest BCUT2D eigenvalue weighted by molar-refractivity contribution is -0.199. The van der Waals surface area contributed by atoms with E-state index in [1.165, 1.54) is 89.9 Å². The van der Waals surface area contributed by atoms with Gasteiger partial charge < -0.3 is 34.6 Å². The van der Waals surface area contributed by atoms with Crippen LogP contribution < -0.4 is 0 Å². The minimum atomic E-state index is -1.05. The van der Waals surface area contributed by atoms with Crippen molar-refractivity contribution in [1.29, 1.82) is 0 Å². The lowest BCUT2D eigenvalue weighted by Gasteiger charge is -2.36. The second kappa shape index (κ2) is 34.5. The van der Waals surface area contributed by atoms with Crippen LogP contribution >= 0.6 is 0 Å². The van der Waals surface area contributed by atoms with E-state index in [0.29, 0.717) is 32.1 Å². The summed E-state index contributed by atoms with van der Waals surface area (Å²) in [5.41, 5.74) is 0. The highest BCUT2D eigenvalue weighted by molar-refractivity contribution is 5.69. The van der Waals surface area contributed by atoms with Gasteiger partial charge in [-0.15, -0.1) is 0 Å². The molecule has 1 aliphatic rings. The average molecular weight is 767 g/mol. The lowest BCUT2D eigenvalue weighted by Crippen LogP contribution is -2.43. The molecule has 1 unspecified atom stereocenters. The van der Waals surface area contributed by atoms with E-state index in [1.54, 1.807) is 12.2 Å². The van der Waals surface area contributed by atoms with E-state index >= 15 is 0 Å². The van der Waals surface area contributed by atoms with E-state index in [-0.39, 0.29) is 37.9 Å². The van der Waals surface area contributed by atoms with Crippen molar-refractivity contribution in [2.75, 3.05) is 13.2 Å². The van der Waals surface area contributed by atoms with Crippen LogP contribution in [0.25, 0.3) is 0 Å². The Kier molecular flexibility index (Phi) is 32.1. The van der Waals surface area contributed by atoms with Crippen LogP contribution in [-0.2, 0) is 23.8 Å². The topological polar surface area (TPSA) is 143 Å². The van der Waals surface area contributed by atoms with E-state index in [4.69, 9.17) is 14.2 Å². The van der Waals surface area contributed by atoms with Crippen molar-refractivity contribution >= 4 is 11.9 Å². The Balaban J connectivity index is 2.01. The molecule has 4 N–H and O–H groups in total. The number of unbranched alkanes of at least 4 members (excludes halogenated alkanes) is 18. The Morgan fingerprint density at radius 1 is 0.685 bits per heavy atom. The maximum atomic E-state index is 12.1. The van der Waals surface area contributed by atoms with Crippen molar-refractivity contribution in [1.82, 2.24) is 0 Å². The molecule has 1 saturated heterocycles. The number of aliphatic hydroxyl groups excluding tert-OH is 4. The molecular formula is C45H82O9. The number of rotatable bonds is 35. The zero-order valence-corrected chi connectivity index (χ0v) is 34.7. The Morgan fingerprint density at radius 2 is 1.19 bits per heavy atom. The summed E-state index contributed by atoms with van der Waals surface area (Å²) < 4.78 is 16.0. The highest BCUT2D eigenvalue weighted by Crippen LogP contribution is 2.29. The summed E-state index contributed by atoms with van der Waals surface area (Å²) in [5.74, 6) is -0.157. The largest absolute Gasteiger partial charge is 0.463 e. The Labute approximate surface area is 329 Å². The lowest BCUT2D eigenvalue weighted by atomic mass is 9.87. The standard InChI is InChI=1S/C45H82O9/c1-4-5-22-28-38(46)32-33-42-40(41(48)34-45(51)54-42)29-24-20-21-26-31-44(50)53-36-39(47)35-52-43(49)30-25-19-17-15-13-11-9-7-6-8-10-12-14-16-18-23-27-37(2)3/h20,24,32-33,37-42,45-48,51H,4-19,21-23,25-31,34-36H2,1-3H3/b24-20-,33-32+/t38-,39+,40-,41-,42+,45?/m0/s1. The Morgan fingerprint density at radius 3 is 1.72 bits per heavy atom. The highest BCUT2D eigenvalue weighted by Gasteiger charge is 2.35. The Hall–Kier alpha value is -1.78. The number of hydrogen-bond donors (Lipinski definition) is 4. The van der Waals surface area contributed by atoms with Crippen molar-refractivity contribution in [3.8, 4) is 0 Å². The second-order valence-corrected chi connectivity index (χ2v) is 16.2. The molecule has 0 bridgehead atoms. The molecule has 0 saturated carbocycles. The molecule has 0 spiro atoms. The van der Waals surface area contributed by atoms with Crippen LogP contribution in [0.2, 0.25) is 0 Å². The third-order valence-electron chi connectivity index (χ3n) is 10.4. The number of aliphatic hydroxyl groups is 4. The fourth-order valence-electron chi connectivity index (χ4n) is 6.96. The summed E-state index contributed by atoms with van der Waals surface area (Å²) in [4.78, 5) is 24.2. The van der Waals surface area contributed by atoms with Crippen molar-refractivity contribution < 1.29 is 44.2 Å². The fourth-order valence-corrected chi connectivity index (χ4v) is 6.96. The quantitative estimate of drug-likeness (QED) is 0.0282. The van der Waals surface area contributed by atoms with Gasteiger partial charge in [-0.25, -0.2) is 0 Å². The first-order valence-electron chi connectivity index (χ1n) is 22.1. The summed E-state index contributed by atoms with van der Waals surface area (Å²) in [6.07, 6.45) is 31.5. The molecule has 0 amide bonds. The van der Waals surface area contributed by atoms with Crippen molar-refractivity contribution in [2.24, 2.45) is 11.8 Å². The smallest absolute Gasteiger partial charge is 0.305 e. The first kappa shape index (κ1) is 50.2. The summed E-state index contributed by atoms with van der Waals surface area (Å²) in [5, 5.41) is 40.8. The molecule has 0 aromatic rings. The van der Waals surface area contributed by atoms with Gasteiger partial charge in [-0.1, -0.05) is 167 Å². The number of hydrogen-bond acceptors (Lipinski definition) is 9. The van der Waals surface area contributed by atoms with Crippen LogP contribution in [0.15, 0.2) is 24.3 Å². The molecule has 6 atom stereocenters. The SMILES string of the molecule is CCCCC[C@H](O)/C=C/[C@H]1OC(O)C[C@H](O)[C@@H]1C/C=C\CCCC(=O)OC[C@H](O)COC(=O)CCCCCCCCCCCCCCCCCCC(C)C. The van der Waals surface area contributed by atoms with Crippen LogP contribution in [0.3, 0.4) is 0 Å². The first-order chi connectivity index (χ1) is 26.1. The molecule has 54 heavy (non-hydrogen) atoms. The summed E-state index contributed by atoms with van der Waals surface area (Å²) in [7, 11) is 0. The number of allylic oxidation sites excluding steroid dienone is 2. The maximum absolute atomic E-state index is 12.1. The summed E-state index contributed by atoms with van der Waals surface area (Å²) in [6.45, 7) is 6.34. The van der Waals surface area contributed by atoms with E-state index < -0.39 is 36.7 Å². The van der Waals surface area contributed by atoms with Gasteiger partial charge in [0.15, 0.2) is 6.29 Å². The third-order valence-corrected chi connectivity index (χ3v) is 10.4. The van der Waals surface area contributed by atoms with Gasteiger partial charge in [0.25, 0.3) is 0 Å². The summed E-state index contributed by atoms with van der Waals surface area (Å²) in [6, 6.07) is 0. The van der Waals surface area contributed by atoms with Gasteiger partial charge in [0, 0.05) is 25.2 Å². The van der Waals surface area contributed by atoms with Crippen LogP contribution in [0.4, 0.5) is 0 Å². The van der Waals surface area contributed by atoms with Crippen LogP contribution in [0.1, 0.15) is 194 Å². The number of carbonyl (C=O) groups excluding carboxylic acids is 2. The Bertz CT molecular complexity index is 951. The molecular weight excluding hydrogens is 684 g/mol. The molecule has 9 nitrogen and oxygen atoms in total. The van der Waals surface area contributed by atoms with Gasteiger partial charge in [0.1, 0.15) is 19.3 Å². The predicted molar refractivity (Wildman–Crippen MR) is 218 cm³/mol. The molecule has 9 heteroatoms. The molecule has 0 radical (unpaired) electrons. The van der Waals surface area contributed by atoms with E-state index in [1.807, 2.05) is 12.2 Å². The molecule has 1 rings (SSSR count). The molecule has 316 valence electrons. The van der Waals surface area contributed by atoms with Crippen molar-refractivity contribution in [3.05, 3.63) is 24.3 Å². The minimum absolute atomic E-state index is 0.137. The van der Waals surface area contributed by atoms with E-state index in [2.05, 4.69) is 20.8 Å².